The molecular weight excluding hydrogens is 543 g/mol. The van der Waals surface area contributed by atoms with Crippen molar-refractivity contribution in [3.8, 4) is 0 Å². The van der Waals surface area contributed by atoms with Crippen LogP contribution in [-0.2, 0) is 6.54 Å². The average molecular weight is 576 g/mol. The van der Waals surface area contributed by atoms with Crippen molar-refractivity contribution in [2.24, 2.45) is 10.9 Å². The van der Waals surface area contributed by atoms with Crippen LogP contribution in [0.3, 0.4) is 0 Å². The Kier molecular flexibility index (Phi) is 9.54. The Balaban J connectivity index is 0.00000289. The van der Waals surface area contributed by atoms with E-state index in [1.54, 1.807) is 11.9 Å². The van der Waals surface area contributed by atoms with E-state index in [1.165, 1.54) is 35.9 Å². The monoisotopic (exact) mass is 575 g/mol. The molecule has 1 atom stereocenters. The summed E-state index contributed by atoms with van der Waals surface area (Å²) in [6.45, 7) is 5.38. The van der Waals surface area contributed by atoms with Crippen LogP contribution in [0.25, 0.3) is 0 Å². The zero-order chi connectivity index (χ0) is 21.6. The van der Waals surface area contributed by atoms with Gasteiger partial charge in [-0.3, -0.25) is 9.89 Å². The number of piperidine rings is 1. The van der Waals surface area contributed by atoms with Crippen LogP contribution in [0.1, 0.15) is 24.1 Å². The highest BCUT2D eigenvalue weighted by molar-refractivity contribution is 14.0. The third kappa shape index (κ3) is 6.54. The van der Waals surface area contributed by atoms with Crippen LogP contribution in [0.2, 0.25) is 0 Å². The van der Waals surface area contributed by atoms with E-state index < -0.39 is 11.6 Å². The lowest BCUT2D eigenvalue weighted by Gasteiger charge is -2.32. The highest BCUT2D eigenvalue weighted by atomic mass is 127. The molecule has 3 heterocycles. The van der Waals surface area contributed by atoms with Crippen LogP contribution in [0.4, 0.5) is 14.5 Å². The fraction of sp³-hybridized carbons (Fsp3) is 0.522. The van der Waals surface area contributed by atoms with Crippen molar-refractivity contribution < 1.29 is 8.78 Å². The van der Waals surface area contributed by atoms with Gasteiger partial charge in [0.05, 0.1) is 0 Å². The number of anilines is 1. The minimum Gasteiger partial charge on any atom is -0.365 e. The molecule has 2 aliphatic heterocycles. The molecular formula is C23H32F2IN5S. The third-order valence-corrected chi connectivity index (χ3v) is 7.09. The first kappa shape index (κ1) is 25.2. The number of benzene rings is 1. The normalized spacial score (nSPS) is 20.3. The number of aliphatic imine (C=N–C) groups is 1. The first-order chi connectivity index (χ1) is 15.1. The van der Waals surface area contributed by atoms with Gasteiger partial charge in [-0.15, -0.1) is 35.3 Å². The molecule has 9 heteroatoms. The zero-order valence-corrected chi connectivity index (χ0v) is 21.5. The summed E-state index contributed by atoms with van der Waals surface area (Å²) >= 11 is 1.83. The van der Waals surface area contributed by atoms with Gasteiger partial charge in [0.1, 0.15) is 17.3 Å². The maximum absolute atomic E-state index is 14.1. The van der Waals surface area contributed by atoms with E-state index in [9.17, 15) is 8.78 Å². The predicted molar refractivity (Wildman–Crippen MR) is 139 cm³/mol. The Bertz CT molecular complexity index is 851. The van der Waals surface area contributed by atoms with Crippen molar-refractivity contribution in [2.45, 2.75) is 31.8 Å². The Morgan fingerprint density at radius 2 is 1.84 bits per heavy atom. The van der Waals surface area contributed by atoms with Gasteiger partial charge < -0.3 is 15.5 Å². The Morgan fingerprint density at radius 1 is 1.09 bits per heavy atom. The molecule has 2 aromatic rings. The van der Waals surface area contributed by atoms with E-state index in [1.807, 2.05) is 11.3 Å². The van der Waals surface area contributed by atoms with Gasteiger partial charge in [0, 0.05) is 44.1 Å². The first-order valence-electron chi connectivity index (χ1n) is 11.0. The number of likely N-dealkylation sites (tertiary alicyclic amines) is 1. The van der Waals surface area contributed by atoms with Gasteiger partial charge in [0.25, 0.3) is 0 Å². The first-order valence-corrected chi connectivity index (χ1v) is 11.9. The fourth-order valence-corrected chi connectivity index (χ4v) is 5.22. The summed E-state index contributed by atoms with van der Waals surface area (Å²) in [5.74, 6) is 0.384. The van der Waals surface area contributed by atoms with Crippen LogP contribution < -0.4 is 15.5 Å². The molecule has 0 spiro atoms. The zero-order valence-electron chi connectivity index (χ0n) is 18.4. The predicted octanol–water partition coefficient (Wildman–Crippen LogP) is 4.30. The van der Waals surface area contributed by atoms with Gasteiger partial charge in [-0.1, -0.05) is 12.1 Å². The van der Waals surface area contributed by atoms with E-state index in [4.69, 9.17) is 0 Å². The molecule has 176 valence electrons. The largest absolute Gasteiger partial charge is 0.365 e. The van der Waals surface area contributed by atoms with Gasteiger partial charge in [0.15, 0.2) is 5.96 Å². The Hall–Kier alpha value is -1.46. The number of hydrogen-bond acceptors (Lipinski definition) is 4. The summed E-state index contributed by atoms with van der Waals surface area (Å²) in [6.07, 6.45) is 3.17. The summed E-state index contributed by atoms with van der Waals surface area (Å²) in [7, 11) is 1.77. The van der Waals surface area contributed by atoms with Crippen molar-refractivity contribution in [1.29, 1.82) is 0 Å². The number of nitrogens with one attached hydrogen (secondary N) is 2. The van der Waals surface area contributed by atoms with Crippen molar-refractivity contribution in [1.82, 2.24) is 15.5 Å². The maximum atomic E-state index is 14.1. The van der Waals surface area contributed by atoms with Crippen LogP contribution >= 0.6 is 35.3 Å². The lowest BCUT2D eigenvalue weighted by molar-refractivity contribution is 0.179. The van der Waals surface area contributed by atoms with Crippen molar-refractivity contribution >= 4 is 47.0 Å². The smallest absolute Gasteiger partial charge is 0.191 e. The molecule has 0 amide bonds. The number of guanidine groups is 1. The molecule has 0 aliphatic carbocycles. The van der Waals surface area contributed by atoms with E-state index in [2.05, 4.69) is 38.0 Å². The highest BCUT2D eigenvalue weighted by Crippen LogP contribution is 2.26. The number of para-hydroxylation sites is 1. The topological polar surface area (TPSA) is 42.9 Å². The second kappa shape index (κ2) is 12.1. The quantitative estimate of drug-likeness (QED) is 0.307. The second-order valence-corrected chi connectivity index (χ2v) is 9.43. The Labute approximate surface area is 210 Å². The lowest BCUT2D eigenvalue weighted by atomic mass is 9.97. The van der Waals surface area contributed by atoms with Crippen molar-refractivity contribution in [3.63, 3.8) is 0 Å². The van der Waals surface area contributed by atoms with E-state index >= 15 is 0 Å². The minimum absolute atomic E-state index is 0. The molecule has 0 bridgehead atoms. The summed E-state index contributed by atoms with van der Waals surface area (Å²) in [5, 5.41) is 9.03. The number of rotatable bonds is 6. The van der Waals surface area contributed by atoms with Gasteiger partial charge in [-0.05, 0) is 61.8 Å². The van der Waals surface area contributed by atoms with Crippen LogP contribution in [0, 0.1) is 17.6 Å². The number of hydrogen-bond donors (Lipinski definition) is 2. The summed E-state index contributed by atoms with van der Waals surface area (Å²) in [6, 6.07) is 8.46. The third-order valence-electron chi connectivity index (χ3n) is 6.23. The van der Waals surface area contributed by atoms with E-state index in [-0.39, 0.29) is 35.7 Å². The van der Waals surface area contributed by atoms with Gasteiger partial charge in [-0.25, -0.2) is 8.78 Å². The molecule has 4 rings (SSSR count). The number of halogens is 3. The van der Waals surface area contributed by atoms with Crippen LogP contribution in [0.15, 0.2) is 40.7 Å². The van der Waals surface area contributed by atoms with Gasteiger partial charge >= 0.3 is 0 Å². The SMILES string of the molecule is CN=C(NCC1CCN(Cc2cccs2)CC1)NC1CCN(c2c(F)cccc2F)C1.I. The average Bonchev–Trinajstić information content (AvgIpc) is 3.44. The number of thiophene rings is 1. The van der Waals surface area contributed by atoms with Gasteiger partial charge in [0.2, 0.25) is 0 Å². The summed E-state index contributed by atoms with van der Waals surface area (Å²) < 4.78 is 28.2. The standard InChI is InChI=1S/C23H31F2N5S.HI/c1-26-23(27-14-17-7-10-29(11-8-17)16-19-4-3-13-31-19)28-18-9-12-30(15-18)22-20(24)5-2-6-21(22)25;/h2-6,13,17-18H,7-12,14-16H2,1H3,(H2,26,27,28);1H. The molecule has 1 unspecified atom stereocenters. The molecule has 2 saturated heterocycles. The van der Waals surface area contributed by atoms with Crippen molar-refractivity contribution in [3.05, 3.63) is 52.2 Å². The minimum atomic E-state index is -0.506. The second-order valence-electron chi connectivity index (χ2n) is 8.40. The molecule has 5 nitrogen and oxygen atoms in total. The summed E-state index contributed by atoms with van der Waals surface area (Å²) in [4.78, 5) is 10.1. The number of nitrogens with zero attached hydrogens (tertiary/aromatic N) is 3. The molecule has 1 aromatic heterocycles. The Morgan fingerprint density at radius 3 is 2.50 bits per heavy atom. The molecule has 0 saturated carbocycles. The maximum Gasteiger partial charge on any atom is 0.191 e. The molecule has 2 N–H and O–H groups in total. The van der Waals surface area contributed by atoms with Crippen LogP contribution in [0.5, 0.6) is 0 Å². The van der Waals surface area contributed by atoms with Gasteiger partial charge in [-0.2, -0.15) is 0 Å². The highest BCUT2D eigenvalue weighted by Gasteiger charge is 2.27. The lowest BCUT2D eigenvalue weighted by Crippen LogP contribution is -2.47. The van der Waals surface area contributed by atoms with Crippen LogP contribution in [-0.4, -0.2) is 56.7 Å². The van der Waals surface area contributed by atoms with Crippen molar-refractivity contribution in [2.75, 3.05) is 44.7 Å². The van der Waals surface area contributed by atoms with E-state index in [0.29, 0.717) is 19.0 Å². The molecule has 2 aliphatic rings. The fourth-order valence-electron chi connectivity index (χ4n) is 4.47. The van der Waals surface area contributed by atoms with E-state index in [0.717, 1.165) is 38.6 Å². The molecule has 32 heavy (non-hydrogen) atoms. The molecule has 1 aromatic carbocycles. The molecule has 0 radical (unpaired) electrons. The molecule has 2 fully saturated rings. The summed E-state index contributed by atoms with van der Waals surface area (Å²) in [5.41, 5.74) is 0.0732.